The van der Waals surface area contributed by atoms with Crippen molar-refractivity contribution in [3.05, 3.63) is 12.5 Å². The third-order valence-electron chi connectivity index (χ3n) is 2.70. The van der Waals surface area contributed by atoms with E-state index in [9.17, 15) is 8.42 Å². The molecule has 1 aliphatic heterocycles. The van der Waals surface area contributed by atoms with Gasteiger partial charge in [-0.05, 0) is 6.42 Å². The van der Waals surface area contributed by atoms with Crippen molar-refractivity contribution in [3.63, 3.8) is 0 Å². The van der Waals surface area contributed by atoms with Crippen molar-refractivity contribution in [2.24, 2.45) is 16.8 Å². The van der Waals surface area contributed by atoms with E-state index in [0.29, 0.717) is 10.2 Å². The van der Waals surface area contributed by atoms with Crippen LogP contribution in [0.15, 0.2) is 22.4 Å². The van der Waals surface area contributed by atoms with Gasteiger partial charge in [-0.3, -0.25) is 0 Å². The molecule has 8 heteroatoms. The molecular weight excluding hydrogens is 242 g/mol. The summed E-state index contributed by atoms with van der Waals surface area (Å²) in [6, 6.07) is 0. The summed E-state index contributed by atoms with van der Waals surface area (Å²) in [4.78, 5) is 11.7. The smallest absolute Gasteiger partial charge is 0.243 e. The third kappa shape index (κ3) is 1.79. The molecule has 2 N–H and O–H groups in total. The molecule has 17 heavy (non-hydrogen) atoms. The lowest BCUT2D eigenvalue weighted by molar-refractivity contribution is 0.508. The SMILES string of the molecule is CCC(C)C1=Nc2ncncc2S(=O)(=O)N1N. The van der Waals surface area contributed by atoms with Gasteiger partial charge in [0.2, 0.25) is 0 Å². The van der Waals surface area contributed by atoms with Crippen molar-refractivity contribution in [3.8, 4) is 0 Å². The van der Waals surface area contributed by atoms with Crippen molar-refractivity contribution < 1.29 is 8.42 Å². The first kappa shape index (κ1) is 11.9. The Balaban J connectivity index is 2.65. The molecule has 0 bridgehead atoms. The quantitative estimate of drug-likeness (QED) is 0.772. The van der Waals surface area contributed by atoms with E-state index in [0.717, 1.165) is 6.42 Å². The van der Waals surface area contributed by atoms with Crippen molar-refractivity contribution >= 4 is 21.7 Å². The van der Waals surface area contributed by atoms with E-state index in [2.05, 4.69) is 15.0 Å². The van der Waals surface area contributed by atoms with Crippen molar-refractivity contribution in [2.45, 2.75) is 25.2 Å². The molecule has 1 aromatic rings. The number of amidine groups is 1. The largest absolute Gasteiger partial charge is 0.284 e. The standard InChI is InChI=1S/C9H13N5O2S/c1-3-6(2)9-13-8-7(4-11-5-12-8)17(15,16)14(9)10/h4-6H,3,10H2,1-2H3. The first-order valence-corrected chi connectivity index (χ1v) is 6.61. The zero-order valence-corrected chi connectivity index (χ0v) is 10.3. The van der Waals surface area contributed by atoms with Crippen LogP contribution in [0.1, 0.15) is 20.3 Å². The van der Waals surface area contributed by atoms with Crippen LogP contribution in [-0.4, -0.2) is 28.6 Å². The Kier molecular flexibility index (Phi) is 2.84. The summed E-state index contributed by atoms with van der Waals surface area (Å²) < 4.78 is 24.9. The molecule has 92 valence electrons. The minimum absolute atomic E-state index is 0.0575. The number of hydrogen-bond donors (Lipinski definition) is 1. The molecule has 0 aliphatic carbocycles. The number of sulfonamides is 1. The molecule has 0 saturated carbocycles. The number of aromatic nitrogens is 2. The van der Waals surface area contributed by atoms with E-state index in [4.69, 9.17) is 5.84 Å². The van der Waals surface area contributed by atoms with Gasteiger partial charge in [-0.15, -0.1) is 0 Å². The molecule has 1 unspecified atom stereocenters. The van der Waals surface area contributed by atoms with Gasteiger partial charge in [0.05, 0.1) is 6.20 Å². The molecule has 1 atom stereocenters. The van der Waals surface area contributed by atoms with E-state index in [1.165, 1.54) is 12.5 Å². The number of nitrogens with two attached hydrogens (primary N) is 1. The number of hydrogen-bond acceptors (Lipinski definition) is 6. The molecule has 0 spiro atoms. The number of nitrogens with zero attached hydrogens (tertiary/aromatic N) is 4. The second-order valence-corrected chi connectivity index (χ2v) is 5.57. The van der Waals surface area contributed by atoms with Gasteiger partial charge in [0, 0.05) is 5.92 Å². The lowest BCUT2D eigenvalue weighted by Crippen LogP contribution is -2.46. The van der Waals surface area contributed by atoms with E-state index in [1.807, 2.05) is 13.8 Å². The lowest BCUT2D eigenvalue weighted by Gasteiger charge is -2.27. The molecule has 2 rings (SSSR count). The number of aliphatic imine (C=N–C) groups is 1. The lowest BCUT2D eigenvalue weighted by atomic mass is 10.1. The fourth-order valence-electron chi connectivity index (χ4n) is 1.47. The molecule has 0 aromatic carbocycles. The summed E-state index contributed by atoms with van der Waals surface area (Å²) in [6.07, 6.45) is 3.20. The predicted octanol–water partition coefficient (Wildman–Crippen LogP) is 0.431. The Labute approximate surface area is 99.4 Å². The van der Waals surface area contributed by atoms with Gasteiger partial charge in [0.1, 0.15) is 12.2 Å². The minimum Gasteiger partial charge on any atom is -0.243 e. The summed E-state index contributed by atoms with van der Waals surface area (Å²) >= 11 is 0. The fourth-order valence-corrected chi connectivity index (χ4v) is 2.68. The minimum atomic E-state index is -3.77. The Hall–Kier alpha value is -1.54. The zero-order chi connectivity index (χ0) is 12.6. The second-order valence-electron chi connectivity index (χ2n) is 3.79. The van der Waals surface area contributed by atoms with Gasteiger partial charge in [-0.25, -0.2) is 20.8 Å². The Morgan fingerprint density at radius 2 is 2.24 bits per heavy atom. The van der Waals surface area contributed by atoms with Crippen LogP contribution in [0.3, 0.4) is 0 Å². The molecule has 0 saturated heterocycles. The van der Waals surface area contributed by atoms with Gasteiger partial charge in [0.25, 0.3) is 10.0 Å². The monoisotopic (exact) mass is 255 g/mol. The van der Waals surface area contributed by atoms with E-state index in [-0.39, 0.29) is 16.6 Å². The maximum absolute atomic E-state index is 12.1. The van der Waals surface area contributed by atoms with Crippen molar-refractivity contribution in [1.29, 1.82) is 0 Å². The summed E-state index contributed by atoms with van der Waals surface area (Å²) in [5.74, 6) is 6.00. The summed E-state index contributed by atoms with van der Waals surface area (Å²) in [7, 11) is -3.77. The van der Waals surface area contributed by atoms with Gasteiger partial charge in [-0.2, -0.15) is 12.8 Å². The Morgan fingerprint density at radius 1 is 1.53 bits per heavy atom. The molecule has 2 heterocycles. The normalized spacial score (nSPS) is 19.5. The fraction of sp³-hybridized carbons (Fsp3) is 0.444. The molecule has 1 aromatic heterocycles. The molecule has 0 radical (unpaired) electrons. The van der Waals surface area contributed by atoms with E-state index >= 15 is 0 Å². The highest BCUT2D eigenvalue weighted by Gasteiger charge is 2.34. The van der Waals surface area contributed by atoms with Crippen LogP contribution in [0.2, 0.25) is 0 Å². The van der Waals surface area contributed by atoms with E-state index in [1.54, 1.807) is 0 Å². The van der Waals surface area contributed by atoms with Gasteiger partial charge in [-0.1, -0.05) is 13.8 Å². The average Bonchev–Trinajstić information content (AvgIpc) is 2.33. The third-order valence-corrected chi connectivity index (χ3v) is 4.24. The Bertz CT molecular complexity index is 569. The topological polar surface area (TPSA) is 102 Å². The first-order valence-electron chi connectivity index (χ1n) is 5.17. The van der Waals surface area contributed by atoms with Crippen LogP contribution in [0, 0.1) is 5.92 Å². The first-order chi connectivity index (χ1) is 7.98. The van der Waals surface area contributed by atoms with Gasteiger partial charge < -0.3 is 0 Å². The van der Waals surface area contributed by atoms with Crippen LogP contribution in [-0.2, 0) is 10.0 Å². The van der Waals surface area contributed by atoms with Crippen LogP contribution >= 0.6 is 0 Å². The second kappa shape index (κ2) is 4.04. The van der Waals surface area contributed by atoms with Crippen LogP contribution < -0.4 is 5.84 Å². The zero-order valence-electron chi connectivity index (χ0n) is 9.53. The molecule has 0 amide bonds. The Morgan fingerprint density at radius 3 is 2.88 bits per heavy atom. The summed E-state index contributed by atoms with van der Waals surface area (Å²) in [5, 5.41) is 0. The predicted molar refractivity (Wildman–Crippen MR) is 61.8 cm³/mol. The van der Waals surface area contributed by atoms with E-state index < -0.39 is 10.0 Å². The molecule has 7 nitrogen and oxygen atoms in total. The van der Waals surface area contributed by atoms with Crippen LogP contribution in [0.4, 0.5) is 5.82 Å². The van der Waals surface area contributed by atoms with Crippen molar-refractivity contribution in [2.75, 3.05) is 0 Å². The number of hydrazine groups is 1. The number of rotatable bonds is 2. The molecular formula is C9H13N5O2S. The highest BCUT2D eigenvalue weighted by molar-refractivity contribution is 7.89. The summed E-state index contributed by atoms with van der Waals surface area (Å²) in [6.45, 7) is 3.80. The average molecular weight is 255 g/mol. The van der Waals surface area contributed by atoms with Gasteiger partial charge >= 0.3 is 0 Å². The molecule has 0 fully saturated rings. The number of fused-ring (bicyclic) bond motifs is 1. The molecule has 1 aliphatic rings. The van der Waals surface area contributed by atoms with Crippen molar-refractivity contribution in [1.82, 2.24) is 14.4 Å². The maximum atomic E-state index is 12.1. The highest BCUT2D eigenvalue weighted by Crippen LogP contribution is 2.29. The maximum Gasteiger partial charge on any atom is 0.284 e. The highest BCUT2D eigenvalue weighted by atomic mass is 32.2. The summed E-state index contributed by atoms with van der Waals surface area (Å²) in [5.41, 5.74) is 0. The van der Waals surface area contributed by atoms with Gasteiger partial charge in [0.15, 0.2) is 10.7 Å². The van der Waals surface area contributed by atoms with Crippen LogP contribution in [0.25, 0.3) is 0 Å². The van der Waals surface area contributed by atoms with Crippen LogP contribution in [0.5, 0.6) is 0 Å².